The van der Waals surface area contributed by atoms with Crippen LogP contribution in [0.25, 0.3) is 16.6 Å². The van der Waals surface area contributed by atoms with Gasteiger partial charge < -0.3 is 24.9 Å². The number of hydrogen-bond acceptors (Lipinski definition) is 7. The van der Waals surface area contributed by atoms with Gasteiger partial charge in [-0.1, -0.05) is 13.8 Å². The van der Waals surface area contributed by atoms with Gasteiger partial charge in [0.2, 0.25) is 0 Å². The summed E-state index contributed by atoms with van der Waals surface area (Å²) in [7, 11) is 1.54. The smallest absolute Gasteiger partial charge is 0.158 e. The van der Waals surface area contributed by atoms with E-state index in [2.05, 4.69) is 39.2 Å². The number of aromatic amines is 1. The zero-order valence-corrected chi connectivity index (χ0v) is 16.6. The van der Waals surface area contributed by atoms with Gasteiger partial charge in [0.25, 0.3) is 0 Å². The molecule has 0 saturated heterocycles. The molecule has 3 N–H and O–H groups in total. The third-order valence-electron chi connectivity index (χ3n) is 4.61. The molecule has 9 nitrogen and oxygen atoms in total. The molecule has 9 heteroatoms. The van der Waals surface area contributed by atoms with E-state index < -0.39 is 6.10 Å². The second kappa shape index (κ2) is 8.06. The first kappa shape index (κ1) is 19.2. The Morgan fingerprint density at radius 2 is 2.14 bits per heavy atom. The van der Waals surface area contributed by atoms with Gasteiger partial charge in [-0.25, -0.2) is 14.5 Å². The van der Waals surface area contributed by atoms with Crippen molar-refractivity contribution in [3.8, 4) is 5.75 Å². The first-order valence-corrected chi connectivity index (χ1v) is 9.43. The largest absolute Gasteiger partial charge is 0.489 e. The van der Waals surface area contributed by atoms with E-state index in [1.165, 1.54) is 6.33 Å². The van der Waals surface area contributed by atoms with E-state index >= 15 is 0 Å². The molecule has 4 aromatic rings. The Hall–Kier alpha value is -3.17. The topological polar surface area (TPSA) is 110 Å². The van der Waals surface area contributed by atoms with Crippen molar-refractivity contribution in [2.75, 3.05) is 25.6 Å². The number of aliphatic hydroxyl groups excluding tert-OH is 1. The molecular weight excluding hydrogens is 372 g/mol. The summed E-state index contributed by atoms with van der Waals surface area (Å²) in [6.07, 6.45) is 6.21. The monoisotopic (exact) mass is 396 g/mol. The molecule has 0 saturated carbocycles. The molecule has 152 valence electrons. The van der Waals surface area contributed by atoms with Crippen LogP contribution in [-0.4, -0.2) is 56.1 Å². The summed E-state index contributed by atoms with van der Waals surface area (Å²) in [6.45, 7) is 4.51. The number of aromatic nitrogens is 5. The van der Waals surface area contributed by atoms with E-state index in [1.807, 2.05) is 24.5 Å². The van der Waals surface area contributed by atoms with E-state index in [1.54, 1.807) is 17.8 Å². The molecular formula is C20H24N6O3. The van der Waals surface area contributed by atoms with Gasteiger partial charge in [0.15, 0.2) is 5.82 Å². The van der Waals surface area contributed by atoms with E-state index in [-0.39, 0.29) is 19.1 Å². The summed E-state index contributed by atoms with van der Waals surface area (Å²) >= 11 is 0. The van der Waals surface area contributed by atoms with Crippen LogP contribution in [0.1, 0.15) is 25.3 Å². The third-order valence-corrected chi connectivity index (χ3v) is 4.61. The van der Waals surface area contributed by atoms with Gasteiger partial charge in [0.05, 0.1) is 24.7 Å². The maximum Gasteiger partial charge on any atom is 0.158 e. The summed E-state index contributed by atoms with van der Waals surface area (Å²) in [6, 6.07) is 3.98. The molecule has 0 radical (unpaired) electrons. The van der Waals surface area contributed by atoms with E-state index in [0.29, 0.717) is 11.6 Å². The average Bonchev–Trinajstić information content (AvgIpc) is 3.30. The quantitative estimate of drug-likeness (QED) is 0.420. The first-order valence-electron chi connectivity index (χ1n) is 9.43. The van der Waals surface area contributed by atoms with E-state index in [4.69, 9.17) is 9.47 Å². The number of nitrogens with one attached hydrogen (secondary N) is 2. The standard InChI is InChI=1S/C20H24N6O3/c1-12(2)17-16(29-10-15(27)9-28-3)8-26-18(17)20(23-11-24-26)25-14-6-13-4-5-21-19(13)22-7-14/h4-8,11-12,15,27H,9-10H2,1-3H3,(H,21,22)(H,23,24,25). The van der Waals surface area contributed by atoms with Gasteiger partial charge in [0.1, 0.15) is 36.0 Å². The molecule has 0 aliphatic rings. The Labute approximate surface area is 167 Å². The Balaban J connectivity index is 1.70. The van der Waals surface area contributed by atoms with Crippen LogP contribution in [0, 0.1) is 0 Å². The molecule has 0 amide bonds. The number of rotatable bonds is 8. The number of aliphatic hydroxyl groups is 1. The van der Waals surface area contributed by atoms with Crippen molar-refractivity contribution < 1.29 is 14.6 Å². The van der Waals surface area contributed by atoms with Gasteiger partial charge in [-0.15, -0.1) is 0 Å². The average molecular weight is 396 g/mol. The van der Waals surface area contributed by atoms with Crippen LogP contribution in [0.15, 0.2) is 37.1 Å². The SMILES string of the molecule is COCC(O)COc1cn2ncnc(Nc3cnc4[nH]ccc4c3)c2c1C(C)C. The summed E-state index contributed by atoms with van der Waals surface area (Å²) in [4.78, 5) is 11.9. The first-order chi connectivity index (χ1) is 14.1. The second-order valence-corrected chi connectivity index (χ2v) is 7.15. The molecule has 29 heavy (non-hydrogen) atoms. The molecule has 0 aliphatic heterocycles. The molecule has 1 atom stereocenters. The molecule has 0 aliphatic carbocycles. The van der Waals surface area contributed by atoms with Crippen molar-refractivity contribution in [1.82, 2.24) is 24.6 Å². The second-order valence-electron chi connectivity index (χ2n) is 7.15. The summed E-state index contributed by atoms with van der Waals surface area (Å²) in [5.41, 5.74) is 3.45. The zero-order valence-electron chi connectivity index (χ0n) is 16.6. The number of nitrogens with zero attached hydrogens (tertiary/aromatic N) is 4. The van der Waals surface area contributed by atoms with Gasteiger partial charge in [0, 0.05) is 24.3 Å². The molecule has 0 aromatic carbocycles. The Bertz CT molecular complexity index is 1120. The van der Waals surface area contributed by atoms with Crippen molar-refractivity contribution in [3.05, 3.63) is 42.6 Å². The molecule has 4 heterocycles. The molecule has 0 fully saturated rings. The van der Waals surface area contributed by atoms with E-state index in [0.717, 1.165) is 27.8 Å². The lowest BCUT2D eigenvalue weighted by Gasteiger charge is -2.14. The lowest BCUT2D eigenvalue weighted by atomic mass is 10.0. The fourth-order valence-electron chi connectivity index (χ4n) is 3.35. The number of pyridine rings is 1. The van der Waals surface area contributed by atoms with Crippen molar-refractivity contribution in [2.45, 2.75) is 25.9 Å². The lowest BCUT2D eigenvalue weighted by Crippen LogP contribution is -2.22. The van der Waals surface area contributed by atoms with Gasteiger partial charge >= 0.3 is 0 Å². The van der Waals surface area contributed by atoms with Gasteiger partial charge in [-0.05, 0) is 18.1 Å². The van der Waals surface area contributed by atoms with Gasteiger partial charge in [-0.3, -0.25) is 0 Å². The van der Waals surface area contributed by atoms with E-state index in [9.17, 15) is 5.11 Å². The summed E-state index contributed by atoms with van der Waals surface area (Å²) < 4.78 is 12.6. The lowest BCUT2D eigenvalue weighted by molar-refractivity contribution is 0.0323. The van der Waals surface area contributed by atoms with Crippen LogP contribution >= 0.6 is 0 Å². The number of H-pyrrole nitrogens is 1. The molecule has 0 spiro atoms. The normalized spacial score (nSPS) is 12.7. The minimum absolute atomic E-state index is 0.134. The maximum atomic E-state index is 9.93. The van der Waals surface area contributed by atoms with Crippen LogP contribution in [0.4, 0.5) is 11.5 Å². The highest BCUT2D eigenvalue weighted by Gasteiger charge is 2.21. The summed E-state index contributed by atoms with van der Waals surface area (Å²) in [5, 5.41) is 18.6. The molecule has 4 aromatic heterocycles. The summed E-state index contributed by atoms with van der Waals surface area (Å²) in [5.74, 6) is 1.48. The number of hydrogen-bond donors (Lipinski definition) is 3. The Kier molecular flexibility index (Phi) is 5.32. The van der Waals surface area contributed by atoms with Crippen LogP contribution in [-0.2, 0) is 4.74 Å². The minimum atomic E-state index is -0.703. The predicted molar refractivity (Wildman–Crippen MR) is 110 cm³/mol. The van der Waals surface area contributed by atoms with Crippen LogP contribution in [0.3, 0.4) is 0 Å². The third kappa shape index (κ3) is 3.87. The predicted octanol–water partition coefficient (Wildman–Crippen LogP) is 2.86. The fourth-order valence-corrected chi connectivity index (χ4v) is 3.35. The zero-order chi connectivity index (χ0) is 20.4. The molecule has 0 bridgehead atoms. The molecule has 1 unspecified atom stereocenters. The van der Waals surface area contributed by atoms with Crippen molar-refractivity contribution >= 4 is 28.1 Å². The van der Waals surface area contributed by atoms with Crippen LogP contribution < -0.4 is 10.1 Å². The fraction of sp³-hybridized carbons (Fsp3) is 0.350. The minimum Gasteiger partial charge on any atom is -0.489 e. The Morgan fingerprint density at radius 3 is 2.93 bits per heavy atom. The Morgan fingerprint density at radius 1 is 1.28 bits per heavy atom. The highest BCUT2D eigenvalue weighted by Crippen LogP contribution is 2.36. The number of anilines is 2. The van der Waals surface area contributed by atoms with Crippen LogP contribution in [0.5, 0.6) is 5.75 Å². The number of fused-ring (bicyclic) bond motifs is 2. The van der Waals surface area contributed by atoms with Crippen molar-refractivity contribution in [3.63, 3.8) is 0 Å². The highest BCUT2D eigenvalue weighted by molar-refractivity contribution is 5.83. The number of ether oxygens (including phenoxy) is 2. The maximum absolute atomic E-state index is 9.93. The molecule has 4 rings (SSSR count). The van der Waals surface area contributed by atoms with Gasteiger partial charge in [-0.2, -0.15) is 5.10 Å². The number of methoxy groups -OCH3 is 1. The van der Waals surface area contributed by atoms with Crippen molar-refractivity contribution in [2.24, 2.45) is 0 Å². The van der Waals surface area contributed by atoms with Crippen molar-refractivity contribution in [1.29, 1.82) is 0 Å². The van der Waals surface area contributed by atoms with Crippen LogP contribution in [0.2, 0.25) is 0 Å². The highest BCUT2D eigenvalue weighted by atomic mass is 16.5.